The molecule has 0 saturated carbocycles. The average Bonchev–Trinajstić information content (AvgIpc) is 2.36. The van der Waals surface area contributed by atoms with Gasteiger partial charge in [-0.3, -0.25) is 10.1 Å². The maximum atomic E-state index is 11.3. The second kappa shape index (κ2) is 7.24. The summed E-state index contributed by atoms with van der Waals surface area (Å²) in [5.74, 6) is -1.27. The molecule has 0 fully saturated rings. The quantitative estimate of drug-likeness (QED) is 0.614. The van der Waals surface area contributed by atoms with Crippen LogP contribution < -0.4 is 4.90 Å². The molecule has 0 heterocycles. The molecule has 0 aromatic heterocycles. The van der Waals surface area contributed by atoms with Crippen molar-refractivity contribution < 1.29 is 19.6 Å². The largest absolute Gasteiger partial charge is 0.478 e. The molecule has 8 heteroatoms. The molecule has 0 atom stereocenters. The van der Waals surface area contributed by atoms with Gasteiger partial charge in [0.2, 0.25) is 0 Å². The van der Waals surface area contributed by atoms with Gasteiger partial charge in [0.15, 0.2) is 0 Å². The molecule has 0 aliphatic carbocycles. The van der Waals surface area contributed by atoms with E-state index >= 15 is 0 Å². The van der Waals surface area contributed by atoms with E-state index in [1.54, 1.807) is 11.9 Å². The van der Waals surface area contributed by atoms with Crippen LogP contribution in [0.25, 0.3) is 0 Å². The summed E-state index contributed by atoms with van der Waals surface area (Å²) in [5, 5.41) is 20.0. The number of likely N-dealkylation sites (N-methyl/N-ethyl adjacent to an activating group) is 1. The van der Waals surface area contributed by atoms with Crippen molar-refractivity contribution in [2.24, 2.45) is 0 Å². The molecule has 116 valence electrons. The van der Waals surface area contributed by atoms with E-state index in [0.29, 0.717) is 13.2 Å². The van der Waals surface area contributed by atoms with Crippen LogP contribution in [0.1, 0.15) is 24.2 Å². The van der Waals surface area contributed by atoms with Gasteiger partial charge >= 0.3 is 5.97 Å². The molecule has 0 unspecified atom stereocenters. The molecule has 0 aliphatic rings. The van der Waals surface area contributed by atoms with E-state index < -0.39 is 10.9 Å². The molecule has 0 spiro atoms. The van der Waals surface area contributed by atoms with Crippen molar-refractivity contribution in [2.45, 2.75) is 20.0 Å². The molecule has 0 saturated heterocycles. The highest BCUT2D eigenvalue weighted by atomic mass is 35.5. The Hall–Kier alpha value is -1.86. The number of anilines is 1. The summed E-state index contributed by atoms with van der Waals surface area (Å²) < 4.78 is 5.40. The Balaban J connectivity index is 3.10. The number of nitro benzene ring substituents is 1. The normalized spacial score (nSPS) is 10.7. The number of ether oxygens (including phenoxy) is 1. The number of carbonyl (C=O) groups is 1. The molecule has 0 amide bonds. The third-order valence-corrected chi connectivity index (χ3v) is 3.04. The lowest BCUT2D eigenvalue weighted by Gasteiger charge is -2.22. The summed E-state index contributed by atoms with van der Waals surface area (Å²) in [4.78, 5) is 23.0. The number of aromatic carboxylic acids is 1. The van der Waals surface area contributed by atoms with Crippen LogP contribution in [0.2, 0.25) is 5.02 Å². The summed E-state index contributed by atoms with van der Waals surface area (Å²) in [5.41, 5.74) is -0.323. The maximum Gasteiger partial charge on any atom is 0.338 e. The second-order valence-corrected chi connectivity index (χ2v) is 5.13. The molecule has 0 radical (unpaired) electrons. The van der Waals surface area contributed by atoms with Gasteiger partial charge in [-0.15, -0.1) is 0 Å². The molecule has 1 aromatic rings. The van der Waals surface area contributed by atoms with Crippen LogP contribution in [0.3, 0.4) is 0 Å². The smallest absolute Gasteiger partial charge is 0.338 e. The summed E-state index contributed by atoms with van der Waals surface area (Å²) in [7, 11) is 1.66. The van der Waals surface area contributed by atoms with Crippen LogP contribution in [-0.4, -0.2) is 42.3 Å². The Labute approximate surface area is 127 Å². The van der Waals surface area contributed by atoms with Gasteiger partial charge in [0, 0.05) is 25.7 Å². The zero-order valence-electron chi connectivity index (χ0n) is 12.0. The van der Waals surface area contributed by atoms with Crippen LogP contribution in [0.5, 0.6) is 0 Å². The van der Waals surface area contributed by atoms with E-state index in [0.717, 1.165) is 12.1 Å². The SMILES string of the molecule is CC(C)OCCN(C)c1c(Cl)cc([N+](=O)[O-])cc1C(=O)O. The third-order valence-electron chi connectivity index (χ3n) is 2.75. The van der Waals surface area contributed by atoms with Crippen molar-refractivity contribution in [3.63, 3.8) is 0 Å². The zero-order chi connectivity index (χ0) is 16.2. The number of non-ortho nitro benzene ring substituents is 1. The lowest BCUT2D eigenvalue weighted by Crippen LogP contribution is -2.26. The standard InChI is InChI=1S/C13H17ClN2O5/c1-8(2)21-5-4-15(3)12-10(13(17)18)6-9(16(19)20)7-11(12)14/h6-8H,4-5H2,1-3H3,(H,17,18). The van der Waals surface area contributed by atoms with E-state index in [2.05, 4.69) is 0 Å². The first-order valence-corrected chi connectivity index (χ1v) is 6.65. The first-order chi connectivity index (χ1) is 9.73. The maximum absolute atomic E-state index is 11.3. The Morgan fingerprint density at radius 3 is 2.62 bits per heavy atom. The lowest BCUT2D eigenvalue weighted by molar-refractivity contribution is -0.384. The summed E-state index contributed by atoms with van der Waals surface area (Å²) in [6.45, 7) is 4.58. The number of halogens is 1. The average molecular weight is 317 g/mol. The Kier molecular flexibility index (Phi) is 5.92. The van der Waals surface area contributed by atoms with Gasteiger partial charge in [0.1, 0.15) is 0 Å². The highest BCUT2D eigenvalue weighted by molar-refractivity contribution is 6.34. The Morgan fingerprint density at radius 2 is 2.14 bits per heavy atom. The summed E-state index contributed by atoms with van der Waals surface area (Å²) in [6, 6.07) is 2.15. The minimum atomic E-state index is -1.27. The van der Waals surface area contributed by atoms with E-state index in [-0.39, 0.29) is 28.1 Å². The van der Waals surface area contributed by atoms with Gasteiger partial charge in [-0.05, 0) is 13.8 Å². The van der Waals surface area contributed by atoms with Crippen molar-refractivity contribution in [1.29, 1.82) is 0 Å². The first-order valence-electron chi connectivity index (χ1n) is 6.28. The minimum Gasteiger partial charge on any atom is -0.478 e. The molecular formula is C13H17ClN2O5. The monoisotopic (exact) mass is 316 g/mol. The van der Waals surface area contributed by atoms with E-state index in [9.17, 15) is 20.0 Å². The van der Waals surface area contributed by atoms with Crippen LogP contribution >= 0.6 is 11.6 Å². The van der Waals surface area contributed by atoms with Gasteiger partial charge in [-0.25, -0.2) is 4.79 Å². The van der Waals surface area contributed by atoms with E-state index in [1.165, 1.54) is 0 Å². The predicted molar refractivity (Wildman–Crippen MR) is 79.4 cm³/mol. The highest BCUT2D eigenvalue weighted by Crippen LogP contribution is 2.33. The fraction of sp³-hybridized carbons (Fsp3) is 0.462. The van der Waals surface area contributed by atoms with Crippen molar-refractivity contribution in [2.75, 3.05) is 25.1 Å². The molecular weight excluding hydrogens is 300 g/mol. The fourth-order valence-electron chi connectivity index (χ4n) is 1.78. The third kappa shape index (κ3) is 4.57. The number of carboxylic acids is 1. The Morgan fingerprint density at radius 1 is 1.52 bits per heavy atom. The predicted octanol–water partition coefficient (Wildman–Crippen LogP) is 2.81. The van der Waals surface area contributed by atoms with Crippen LogP contribution in [-0.2, 0) is 4.74 Å². The number of benzene rings is 1. The molecule has 1 N–H and O–H groups in total. The molecule has 0 aliphatic heterocycles. The van der Waals surface area contributed by atoms with Crippen LogP contribution in [0.15, 0.2) is 12.1 Å². The number of carboxylic acid groups (broad SMARTS) is 1. The van der Waals surface area contributed by atoms with Crippen molar-refractivity contribution in [1.82, 2.24) is 0 Å². The Bertz CT molecular complexity index is 548. The number of nitro groups is 1. The number of hydrogen-bond acceptors (Lipinski definition) is 5. The second-order valence-electron chi connectivity index (χ2n) is 4.73. The van der Waals surface area contributed by atoms with Crippen LogP contribution in [0.4, 0.5) is 11.4 Å². The van der Waals surface area contributed by atoms with Crippen LogP contribution in [0, 0.1) is 10.1 Å². The summed E-state index contributed by atoms with van der Waals surface area (Å²) >= 11 is 6.01. The zero-order valence-corrected chi connectivity index (χ0v) is 12.8. The molecule has 21 heavy (non-hydrogen) atoms. The van der Waals surface area contributed by atoms with Crippen molar-refractivity contribution in [3.05, 3.63) is 32.8 Å². The van der Waals surface area contributed by atoms with Crippen molar-refractivity contribution >= 4 is 28.9 Å². The van der Waals surface area contributed by atoms with E-state index in [1.807, 2.05) is 13.8 Å². The molecule has 1 rings (SSSR count). The molecule has 7 nitrogen and oxygen atoms in total. The van der Waals surface area contributed by atoms with Crippen molar-refractivity contribution in [3.8, 4) is 0 Å². The molecule has 0 bridgehead atoms. The highest BCUT2D eigenvalue weighted by Gasteiger charge is 2.22. The van der Waals surface area contributed by atoms with Gasteiger partial charge in [-0.2, -0.15) is 0 Å². The number of hydrogen-bond donors (Lipinski definition) is 1. The number of rotatable bonds is 7. The topological polar surface area (TPSA) is 92.9 Å². The molecule has 1 aromatic carbocycles. The van der Waals surface area contributed by atoms with E-state index in [4.69, 9.17) is 16.3 Å². The number of nitrogens with zero attached hydrogens (tertiary/aromatic N) is 2. The lowest BCUT2D eigenvalue weighted by atomic mass is 10.1. The minimum absolute atomic E-state index is 0.0219. The van der Waals surface area contributed by atoms with Gasteiger partial charge in [-0.1, -0.05) is 11.6 Å². The first kappa shape index (κ1) is 17.2. The summed E-state index contributed by atoms with van der Waals surface area (Å²) in [6.07, 6.45) is 0.0599. The fourth-order valence-corrected chi connectivity index (χ4v) is 2.14. The van der Waals surface area contributed by atoms with Gasteiger partial charge in [0.05, 0.1) is 33.9 Å². The van der Waals surface area contributed by atoms with Gasteiger partial charge < -0.3 is 14.7 Å². The van der Waals surface area contributed by atoms with Gasteiger partial charge in [0.25, 0.3) is 5.69 Å².